The Hall–Kier alpha value is -2.63. The summed E-state index contributed by atoms with van der Waals surface area (Å²) in [6.45, 7) is 7.40. The van der Waals surface area contributed by atoms with E-state index in [1.165, 1.54) is 6.92 Å². The molecule has 0 fully saturated rings. The van der Waals surface area contributed by atoms with Gasteiger partial charge >= 0.3 is 0 Å². The van der Waals surface area contributed by atoms with Gasteiger partial charge in [0, 0.05) is 30.0 Å². The first-order valence-corrected chi connectivity index (χ1v) is 7.12. The summed E-state index contributed by atoms with van der Waals surface area (Å²) >= 11 is 0. The van der Waals surface area contributed by atoms with Crippen molar-refractivity contribution in [2.45, 2.75) is 33.7 Å². The molecule has 0 saturated heterocycles. The smallest absolute Gasteiger partial charge is 0.276 e. The highest BCUT2D eigenvalue weighted by Gasteiger charge is 2.13. The van der Waals surface area contributed by atoms with Crippen molar-refractivity contribution in [3.8, 4) is 0 Å². The van der Waals surface area contributed by atoms with E-state index in [9.17, 15) is 9.59 Å². The van der Waals surface area contributed by atoms with E-state index >= 15 is 0 Å². The predicted molar refractivity (Wildman–Crippen MR) is 86.0 cm³/mol. The van der Waals surface area contributed by atoms with Crippen LogP contribution in [-0.2, 0) is 4.79 Å². The molecule has 2 rings (SSSR count). The maximum atomic E-state index is 12.2. The zero-order valence-corrected chi connectivity index (χ0v) is 13.2. The van der Waals surface area contributed by atoms with E-state index in [0.29, 0.717) is 17.1 Å². The lowest BCUT2D eigenvalue weighted by atomic mass is 10.2. The van der Waals surface area contributed by atoms with Crippen LogP contribution in [0, 0.1) is 6.92 Å². The molecular weight excluding hydrogens is 280 g/mol. The van der Waals surface area contributed by atoms with Gasteiger partial charge in [-0.05, 0) is 51.1 Å². The van der Waals surface area contributed by atoms with E-state index in [2.05, 4.69) is 15.7 Å². The Kier molecular flexibility index (Phi) is 4.60. The largest absolute Gasteiger partial charge is 0.326 e. The molecule has 0 atom stereocenters. The molecular formula is C16H20N4O2. The monoisotopic (exact) mass is 300 g/mol. The summed E-state index contributed by atoms with van der Waals surface area (Å²) in [5.74, 6) is -0.388. The average molecular weight is 300 g/mol. The fraction of sp³-hybridized carbons (Fsp3) is 0.312. The van der Waals surface area contributed by atoms with Gasteiger partial charge in [0.2, 0.25) is 5.91 Å². The van der Waals surface area contributed by atoms with Crippen LogP contribution in [0.15, 0.2) is 30.3 Å². The molecule has 2 aromatic rings. The molecule has 1 heterocycles. The third kappa shape index (κ3) is 3.72. The van der Waals surface area contributed by atoms with E-state index in [1.54, 1.807) is 30.3 Å². The summed E-state index contributed by atoms with van der Waals surface area (Å²) in [6.07, 6.45) is 0. The van der Waals surface area contributed by atoms with Gasteiger partial charge in [-0.3, -0.25) is 14.3 Å². The molecule has 2 N–H and O–H groups in total. The number of aromatic nitrogens is 2. The first kappa shape index (κ1) is 15.8. The van der Waals surface area contributed by atoms with Crippen molar-refractivity contribution in [3.63, 3.8) is 0 Å². The van der Waals surface area contributed by atoms with E-state index < -0.39 is 0 Å². The molecule has 6 heteroatoms. The lowest BCUT2D eigenvalue weighted by Crippen LogP contribution is -2.14. The van der Waals surface area contributed by atoms with Crippen molar-refractivity contribution in [1.82, 2.24) is 9.78 Å². The summed E-state index contributed by atoms with van der Waals surface area (Å²) in [5, 5.41) is 9.77. The Morgan fingerprint density at radius 3 is 2.09 bits per heavy atom. The molecule has 6 nitrogen and oxygen atoms in total. The SMILES string of the molecule is CC(=O)Nc1ccc(NC(=O)c2cc(C)n(C(C)C)n2)cc1. The average Bonchev–Trinajstić information content (AvgIpc) is 2.83. The van der Waals surface area contributed by atoms with Gasteiger partial charge in [-0.2, -0.15) is 5.10 Å². The van der Waals surface area contributed by atoms with Gasteiger partial charge in [0.25, 0.3) is 5.91 Å². The number of hydrogen-bond acceptors (Lipinski definition) is 3. The Balaban J connectivity index is 2.08. The zero-order valence-electron chi connectivity index (χ0n) is 13.2. The van der Waals surface area contributed by atoms with Gasteiger partial charge in [0.1, 0.15) is 0 Å². The van der Waals surface area contributed by atoms with Crippen LogP contribution in [0.1, 0.15) is 43.0 Å². The van der Waals surface area contributed by atoms with E-state index in [4.69, 9.17) is 0 Å². The summed E-state index contributed by atoms with van der Waals surface area (Å²) in [5.41, 5.74) is 2.67. The molecule has 0 unspecified atom stereocenters. The number of anilines is 2. The number of nitrogens with zero attached hydrogens (tertiary/aromatic N) is 2. The summed E-state index contributed by atoms with van der Waals surface area (Å²) in [7, 11) is 0. The fourth-order valence-corrected chi connectivity index (χ4v) is 2.16. The number of nitrogens with one attached hydrogen (secondary N) is 2. The number of amides is 2. The molecule has 0 saturated carbocycles. The zero-order chi connectivity index (χ0) is 16.3. The topological polar surface area (TPSA) is 76.0 Å². The second-order valence-electron chi connectivity index (χ2n) is 5.42. The van der Waals surface area contributed by atoms with E-state index in [1.807, 2.05) is 25.5 Å². The van der Waals surface area contributed by atoms with Crippen LogP contribution in [0.4, 0.5) is 11.4 Å². The molecule has 0 aliphatic rings. The molecule has 1 aromatic heterocycles. The van der Waals surface area contributed by atoms with Crippen molar-refractivity contribution in [2.24, 2.45) is 0 Å². The molecule has 1 aromatic carbocycles. The van der Waals surface area contributed by atoms with Crippen LogP contribution < -0.4 is 10.6 Å². The number of hydrogen-bond donors (Lipinski definition) is 2. The summed E-state index contributed by atoms with van der Waals surface area (Å²) < 4.78 is 1.81. The number of aryl methyl sites for hydroxylation is 1. The van der Waals surface area contributed by atoms with Crippen LogP contribution in [0.25, 0.3) is 0 Å². The summed E-state index contributed by atoms with van der Waals surface area (Å²) in [6, 6.07) is 8.90. The molecule has 2 amide bonds. The first-order valence-electron chi connectivity index (χ1n) is 7.12. The molecule has 22 heavy (non-hydrogen) atoms. The van der Waals surface area contributed by atoms with Crippen molar-refractivity contribution >= 4 is 23.2 Å². The Bertz CT molecular complexity index is 687. The quantitative estimate of drug-likeness (QED) is 0.911. The van der Waals surface area contributed by atoms with Crippen LogP contribution in [0.5, 0.6) is 0 Å². The first-order chi connectivity index (χ1) is 10.4. The minimum absolute atomic E-state index is 0.133. The van der Waals surface area contributed by atoms with Gasteiger partial charge in [-0.25, -0.2) is 0 Å². The lowest BCUT2D eigenvalue weighted by molar-refractivity contribution is -0.114. The molecule has 0 aliphatic carbocycles. The maximum Gasteiger partial charge on any atom is 0.276 e. The van der Waals surface area contributed by atoms with E-state index in [0.717, 1.165) is 5.69 Å². The van der Waals surface area contributed by atoms with Crippen LogP contribution >= 0.6 is 0 Å². The molecule has 0 radical (unpaired) electrons. The van der Waals surface area contributed by atoms with Crippen molar-refractivity contribution in [3.05, 3.63) is 41.7 Å². The number of benzene rings is 1. The fourth-order valence-electron chi connectivity index (χ4n) is 2.16. The highest BCUT2D eigenvalue weighted by atomic mass is 16.2. The van der Waals surface area contributed by atoms with Crippen LogP contribution in [0.2, 0.25) is 0 Å². The lowest BCUT2D eigenvalue weighted by Gasteiger charge is -2.07. The van der Waals surface area contributed by atoms with Gasteiger partial charge in [-0.15, -0.1) is 0 Å². The van der Waals surface area contributed by atoms with Gasteiger partial charge in [0.05, 0.1) is 0 Å². The third-order valence-electron chi connectivity index (χ3n) is 3.11. The highest BCUT2D eigenvalue weighted by Crippen LogP contribution is 2.15. The second-order valence-corrected chi connectivity index (χ2v) is 5.42. The standard InChI is InChI=1S/C16H20N4O2/c1-10(2)20-11(3)9-15(19-20)16(22)18-14-7-5-13(6-8-14)17-12(4)21/h5-10H,1-4H3,(H,17,21)(H,18,22). The Morgan fingerprint density at radius 1 is 1.09 bits per heavy atom. The number of carbonyl (C=O) groups is 2. The second kappa shape index (κ2) is 6.43. The molecule has 0 spiro atoms. The minimum Gasteiger partial charge on any atom is -0.326 e. The number of carbonyl (C=O) groups excluding carboxylic acids is 2. The third-order valence-corrected chi connectivity index (χ3v) is 3.11. The Morgan fingerprint density at radius 2 is 1.64 bits per heavy atom. The number of rotatable bonds is 4. The summed E-state index contributed by atoms with van der Waals surface area (Å²) in [4.78, 5) is 23.2. The molecule has 116 valence electrons. The normalized spacial score (nSPS) is 10.6. The van der Waals surface area contributed by atoms with Crippen molar-refractivity contribution in [1.29, 1.82) is 0 Å². The van der Waals surface area contributed by atoms with Gasteiger partial charge in [-0.1, -0.05) is 0 Å². The predicted octanol–water partition coefficient (Wildman–Crippen LogP) is 2.98. The highest BCUT2D eigenvalue weighted by molar-refractivity contribution is 6.03. The van der Waals surface area contributed by atoms with Gasteiger partial charge in [0.15, 0.2) is 5.69 Å². The van der Waals surface area contributed by atoms with E-state index in [-0.39, 0.29) is 17.9 Å². The van der Waals surface area contributed by atoms with Crippen molar-refractivity contribution < 1.29 is 9.59 Å². The van der Waals surface area contributed by atoms with Gasteiger partial charge < -0.3 is 10.6 Å². The Labute approximate surface area is 129 Å². The van der Waals surface area contributed by atoms with Crippen LogP contribution in [-0.4, -0.2) is 21.6 Å². The molecule has 0 bridgehead atoms. The molecule has 0 aliphatic heterocycles. The van der Waals surface area contributed by atoms with Crippen LogP contribution in [0.3, 0.4) is 0 Å². The maximum absolute atomic E-state index is 12.2. The van der Waals surface area contributed by atoms with Crippen molar-refractivity contribution in [2.75, 3.05) is 10.6 Å². The minimum atomic E-state index is -0.255.